The number of aryl methyl sites for hydroxylation is 4. The van der Waals surface area contributed by atoms with E-state index < -0.39 is 0 Å². The maximum absolute atomic E-state index is 13.4. The predicted molar refractivity (Wildman–Crippen MR) is 335 cm³/mol. The molecule has 0 saturated heterocycles. The number of carbonyl (C=O) groups excluding carboxylic acids is 1. The third-order valence-corrected chi connectivity index (χ3v) is 16.4. The zero-order valence-corrected chi connectivity index (χ0v) is 50.0. The lowest BCUT2D eigenvalue weighted by Gasteiger charge is -2.29. The molecule has 0 saturated carbocycles. The van der Waals surface area contributed by atoms with Crippen LogP contribution in [0.25, 0.3) is 45.3 Å². The van der Waals surface area contributed by atoms with Crippen LogP contribution < -0.4 is 30.0 Å². The molecule has 0 fully saturated rings. The van der Waals surface area contributed by atoms with Crippen LogP contribution in [-0.2, 0) is 38.8 Å². The molecule has 0 aliphatic carbocycles. The minimum atomic E-state index is -0.219. The second-order valence-corrected chi connectivity index (χ2v) is 21.9. The highest BCUT2D eigenvalue weighted by Gasteiger charge is 2.23. The van der Waals surface area contributed by atoms with Gasteiger partial charge in [-0.25, -0.2) is 0 Å². The first-order valence-corrected chi connectivity index (χ1v) is 28.8. The number of aromatic nitrogens is 9. The van der Waals surface area contributed by atoms with Gasteiger partial charge in [0.15, 0.2) is 23.0 Å². The minimum Gasteiger partial charge on any atom is -0.493 e. The highest BCUT2D eigenvalue weighted by atomic mass is 16.5. The zero-order valence-electron chi connectivity index (χ0n) is 50.0. The standard InChI is InChI=1S/C40H39N7O3.C28H32N6O2/c1-26-20-35(36(21-27(26)2)42-40(48)30-11-9-29(10-12-30)32-6-5-17-41-24-32)39-43-45-47(44-39)34-13-7-28(8-14-34)15-18-46-19-16-31-22-37(49-3)38(50-4)23-33(31)25-46;1-18-13-24(25(29)14-19(18)2)28-30-32-34(31-28)23-7-5-20(6-8-23)9-11-33-12-10-21-15-26(35-3)27(36-4)16-22(21)17-33/h5-14,17,20-24H,15-16,18-19,25H2,1-4H3,(H,42,48);5-8,13-16H,9-12,17,29H2,1-4H3. The summed E-state index contributed by atoms with van der Waals surface area (Å²) in [4.78, 5) is 25.6. The Balaban J connectivity index is 0.000000188. The lowest BCUT2D eigenvalue weighted by molar-refractivity contribution is 0.102. The molecule has 1 amide bonds. The fourth-order valence-electron chi connectivity index (χ4n) is 11.0. The molecular weight excluding hydrogens is 1080 g/mol. The Labute approximate surface area is 501 Å². The molecule has 2 aliphatic rings. The van der Waals surface area contributed by atoms with Gasteiger partial charge >= 0.3 is 0 Å². The molecule has 3 N–H and O–H groups in total. The van der Waals surface area contributed by atoms with Crippen LogP contribution in [-0.4, -0.2) is 116 Å². The maximum atomic E-state index is 13.4. The summed E-state index contributed by atoms with van der Waals surface area (Å²) in [5.41, 5.74) is 25.4. The number of nitrogens with two attached hydrogens (primary N) is 1. The Morgan fingerprint density at radius 2 is 1.00 bits per heavy atom. The number of fused-ring (bicyclic) bond motifs is 2. The number of methoxy groups -OCH3 is 4. The molecule has 0 atom stereocenters. The first kappa shape index (κ1) is 58.0. The summed E-state index contributed by atoms with van der Waals surface area (Å²) < 4.78 is 22.0. The number of tetrazole rings is 2. The van der Waals surface area contributed by atoms with Crippen molar-refractivity contribution in [3.8, 4) is 68.3 Å². The average Bonchev–Trinajstić information content (AvgIpc) is 4.35. The Morgan fingerprint density at radius 1 is 0.535 bits per heavy atom. The van der Waals surface area contributed by atoms with E-state index in [0.29, 0.717) is 34.2 Å². The van der Waals surface area contributed by atoms with Crippen molar-refractivity contribution >= 4 is 17.3 Å². The SMILES string of the molecule is COc1cc2c(cc1OC)CN(CCc1ccc(-n3nnc(-c4cc(C)c(C)cc4N)n3)cc1)CC2.COc1cc2c(cc1OC)CN(CCc1ccc(-n3nnc(-c4cc(C)c(C)cc4NC(=O)c4ccc(-c5cccnc5)cc4)n3)cc1)CC2. The summed E-state index contributed by atoms with van der Waals surface area (Å²) in [6, 6.07) is 44.3. The number of hydrogen-bond acceptors (Lipinski definition) is 15. The smallest absolute Gasteiger partial charge is 0.255 e. The molecule has 2 aliphatic heterocycles. The van der Waals surface area contributed by atoms with E-state index in [9.17, 15) is 4.79 Å². The second-order valence-electron chi connectivity index (χ2n) is 21.9. The highest BCUT2D eigenvalue weighted by Crippen LogP contribution is 2.36. The van der Waals surface area contributed by atoms with Crippen LogP contribution in [0.15, 0.2) is 146 Å². The van der Waals surface area contributed by atoms with Gasteiger partial charge in [-0.3, -0.25) is 19.6 Å². The van der Waals surface area contributed by atoms with Crippen LogP contribution in [0.5, 0.6) is 23.0 Å². The van der Waals surface area contributed by atoms with E-state index in [2.05, 4.69) is 101 Å². The van der Waals surface area contributed by atoms with Crippen molar-refractivity contribution in [1.29, 1.82) is 0 Å². The molecule has 0 radical (unpaired) electrons. The van der Waals surface area contributed by atoms with Gasteiger partial charge in [-0.1, -0.05) is 42.5 Å². The Hall–Kier alpha value is -9.78. The fraction of sp³-hybridized carbons (Fsp3) is 0.265. The van der Waals surface area contributed by atoms with Gasteiger partial charge in [-0.15, -0.1) is 30.0 Å². The molecule has 0 spiro atoms. The van der Waals surface area contributed by atoms with Crippen molar-refractivity contribution in [3.63, 3.8) is 0 Å². The van der Waals surface area contributed by atoms with Gasteiger partial charge in [0, 0.05) is 74.0 Å². The number of amides is 1. The Morgan fingerprint density at radius 3 is 1.49 bits per heavy atom. The number of hydrogen-bond donors (Lipinski definition) is 2. The van der Waals surface area contributed by atoms with Crippen molar-refractivity contribution in [2.45, 2.75) is 66.5 Å². The average molecular weight is 1150 g/mol. The van der Waals surface area contributed by atoms with E-state index in [0.717, 1.165) is 138 Å². The Bertz CT molecular complexity index is 4020. The number of nitrogens with one attached hydrogen (secondary N) is 1. The van der Waals surface area contributed by atoms with Crippen molar-refractivity contribution in [1.82, 2.24) is 55.2 Å². The summed E-state index contributed by atoms with van der Waals surface area (Å²) >= 11 is 0. The summed E-state index contributed by atoms with van der Waals surface area (Å²) in [6.45, 7) is 13.9. The third-order valence-electron chi connectivity index (χ3n) is 16.4. The van der Waals surface area contributed by atoms with Crippen molar-refractivity contribution < 1.29 is 23.7 Å². The van der Waals surface area contributed by atoms with Crippen molar-refractivity contribution in [2.24, 2.45) is 0 Å². The number of nitrogen functional groups attached to an aromatic ring is 1. The van der Waals surface area contributed by atoms with Gasteiger partial charge in [0.05, 0.1) is 45.5 Å². The van der Waals surface area contributed by atoms with E-state index in [-0.39, 0.29) is 5.91 Å². The van der Waals surface area contributed by atoms with Crippen LogP contribution >= 0.6 is 0 Å². The van der Waals surface area contributed by atoms with E-state index in [4.69, 9.17) is 29.8 Å². The lowest BCUT2D eigenvalue weighted by Crippen LogP contribution is -2.32. The molecular formula is C68H71N13O5. The van der Waals surface area contributed by atoms with E-state index in [1.54, 1.807) is 45.6 Å². The molecule has 7 aromatic carbocycles. The molecule has 438 valence electrons. The highest BCUT2D eigenvalue weighted by molar-refractivity contribution is 6.06. The molecule has 10 aromatic rings. The predicted octanol–water partition coefficient (Wildman–Crippen LogP) is 11.0. The molecule has 18 heteroatoms. The first-order valence-electron chi connectivity index (χ1n) is 28.8. The van der Waals surface area contributed by atoms with Crippen LogP contribution in [0, 0.1) is 27.7 Å². The number of benzene rings is 7. The maximum Gasteiger partial charge on any atom is 0.255 e. The van der Waals surface area contributed by atoms with E-state index in [1.165, 1.54) is 38.2 Å². The molecule has 86 heavy (non-hydrogen) atoms. The van der Waals surface area contributed by atoms with Crippen molar-refractivity contribution in [2.75, 3.05) is 65.7 Å². The normalized spacial score (nSPS) is 13.0. The van der Waals surface area contributed by atoms with Gasteiger partial charge in [-0.2, -0.15) is 0 Å². The quantitative estimate of drug-likeness (QED) is 0.0816. The number of carbonyl (C=O) groups is 1. The number of anilines is 2. The third kappa shape index (κ3) is 13.1. The van der Waals surface area contributed by atoms with Crippen LogP contribution in [0.1, 0.15) is 66.0 Å². The molecule has 3 aromatic heterocycles. The van der Waals surface area contributed by atoms with Gasteiger partial charge in [-0.05, 0) is 222 Å². The number of rotatable bonds is 17. The van der Waals surface area contributed by atoms with Crippen LogP contribution in [0.2, 0.25) is 0 Å². The monoisotopic (exact) mass is 1150 g/mol. The number of pyridine rings is 1. The van der Waals surface area contributed by atoms with Gasteiger partial charge in [0.2, 0.25) is 11.6 Å². The largest absolute Gasteiger partial charge is 0.493 e. The lowest BCUT2D eigenvalue weighted by atomic mass is 9.98. The minimum absolute atomic E-state index is 0.219. The van der Waals surface area contributed by atoms with E-state index in [1.807, 2.05) is 106 Å². The van der Waals surface area contributed by atoms with Gasteiger partial charge in [0.1, 0.15) is 0 Å². The molecule has 12 rings (SSSR count). The second kappa shape index (κ2) is 26.0. The van der Waals surface area contributed by atoms with Crippen LogP contribution in [0.4, 0.5) is 11.4 Å². The summed E-state index contributed by atoms with van der Waals surface area (Å²) in [6.07, 6.45) is 7.44. The van der Waals surface area contributed by atoms with Gasteiger partial charge in [0.25, 0.3) is 5.91 Å². The molecule has 18 nitrogen and oxygen atoms in total. The molecule has 5 heterocycles. The fourth-order valence-corrected chi connectivity index (χ4v) is 11.0. The first-order chi connectivity index (χ1) is 41.8. The number of nitrogens with zero attached hydrogens (tertiary/aromatic N) is 11. The summed E-state index contributed by atoms with van der Waals surface area (Å²) in [5, 5.41) is 29.6. The Kier molecular flexibility index (Phi) is 17.5. The number of ether oxygens (including phenoxy) is 4. The van der Waals surface area contributed by atoms with E-state index >= 15 is 0 Å². The van der Waals surface area contributed by atoms with Crippen LogP contribution in [0.3, 0.4) is 0 Å². The van der Waals surface area contributed by atoms with Gasteiger partial charge < -0.3 is 30.0 Å². The molecule has 0 unspecified atom stereocenters. The summed E-state index contributed by atoms with van der Waals surface area (Å²) in [5.74, 6) is 3.89. The van der Waals surface area contributed by atoms with Crippen molar-refractivity contribution in [3.05, 3.63) is 207 Å². The topological polar surface area (TPSA) is 199 Å². The summed E-state index contributed by atoms with van der Waals surface area (Å²) in [7, 11) is 6.72. The molecule has 0 bridgehead atoms. The zero-order chi connectivity index (χ0) is 59.8.